The van der Waals surface area contributed by atoms with Gasteiger partial charge in [0.2, 0.25) is 0 Å². The zero-order valence-corrected chi connectivity index (χ0v) is 16.7. The number of amides is 1. The van der Waals surface area contributed by atoms with Gasteiger partial charge < -0.3 is 9.47 Å². The Kier molecular flexibility index (Phi) is 6.48. The molecule has 1 fully saturated rings. The number of esters is 1. The quantitative estimate of drug-likeness (QED) is 0.552. The predicted octanol–water partition coefficient (Wildman–Crippen LogP) is 2.08. The van der Waals surface area contributed by atoms with Crippen LogP contribution in [0.25, 0.3) is 0 Å². The fraction of sp³-hybridized carbons (Fsp3) is 0.556. The molecule has 1 aliphatic heterocycles. The van der Waals surface area contributed by atoms with Crippen molar-refractivity contribution in [1.29, 1.82) is 0 Å². The van der Waals surface area contributed by atoms with E-state index in [2.05, 4.69) is 0 Å². The van der Waals surface area contributed by atoms with Gasteiger partial charge in [-0.15, -0.1) is 0 Å². The largest absolute Gasteiger partial charge is 0.467 e. The highest BCUT2D eigenvalue weighted by atomic mass is 32.2. The number of benzene rings is 1. The Morgan fingerprint density at radius 2 is 1.81 bits per heavy atom. The van der Waals surface area contributed by atoms with Crippen LogP contribution in [0.2, 0.25) is 0 Å². The van der Waals surface area contributed by atoms with E-state index in [0.717, 1.165) is 4.90 Å². The standard InChI is InChI=1S/C18H25NO7S/c1-18(2,3)25-17(21)19-11-14(10-15(19)16(20)24-4)26-27(22,23)12-13-8-6-5-7-9-13/h5-9,14-15H,10-12H2,1-4H3/t14-,15+/m1/s1. The maximum absolute atomic E-state index is 12.4. The highest BCUT2D eigenvalue weighted by molar-refractivity contribution is 7.85. The minimum absolute atomic E-state index is 0.0138. The summed E-state index contributed by atoms with van der Waals surface area (Å²) >= 11 is 0. The van der Waals surface area contributed by atoms with Crippen molar-refractivity contribution in [3.8, 4) is 0 Å². The lowest BCUT2D eigenvalue weighted by Gasteiger charge is -2.27. The Balaban J connectivity index is 2.10. The first-order valence-corrected chi connectivity index (χ1v) is 10.1. The lowest BCUT2D eigenvalue weighted by Crippen LogP contribution is -2.44. The van der Waals surface area contributed by atoms with Gasteiger partial charge in [0.1, 0.15) is 17.4 Å². The number of nitrogens with zero attached hydrogens (tertiary/aromatic N) is 1. The molecule has 8 nitrogen and oxygen atoms in total. The Labute approximate surface area is 159 Å². The predicted molar refractivity (Wildman–Crippen MR) is 97.3 cm³/mol. The van der Waals surface area contributed by atoms with Crippen LogP contribution in [-0.4, -0.2) is 56.8 Å². The second kappa shape index (κ2) is 8.26. The molecule has 0 N–H and O–H groups in total. The summed E-state index contributed by atoms with van der Waals surface area (Å²) in [4.78, 5) is 25.6. The Morgan fingerprint density at radius 1 is 1.19 bits per heavy atom. The summed E-state index contributed by atoms with van der Waals surface area (Å²) in [5, 5.41) is 0. The van der Waals surface area contributed by atoms with E-state index in [9.17, 15) is 18.0 Å². The van der Waals surface area contributed by atoms with Crippen LogP contribution in [-0.2, 0) is 34.3 Å². The van der Waals surface area contributed by atoms with Crippen LogP contribution < -0.4 is 0 Å². The van der Waals surface area contributed by atoms with Gasteiger partial charge >= 0.3 is 12.1 Å². The van der Waals surface area contributed by atoms with Gasteiger partial charge in [0.05, 0.1) is 19.8 Å². The molecule has 0 radical (unpaired) electrons. The van der Waals surface area contributed by atoms with Crippen molar-refractivity contribution in [3.05, 3.63) is 35.9 Å². The average Bonchev–Trinajstić information content (AvgIpc) is 2.96. The topological polar surface area (TPSA) is 99.2 Å². The molecule has 9 heteroatoms. The molecule has 2 rings (SSSR count). The average molecular weight is 399 g/mol. The van der Waals surface area contributed by atoms with Gasteiger partial charge in [-0.3, -0.25) is 9.08 Å². The van der Waals surface area contributed by atoms with E-state index >= 15 is 0 Å². The van der Waals surface area contributed by atoms with Gasteiger partial charge in [-0.2, -0.15) is 8.42 Å². The van der Waals surface area contributed by atoms with Crippen molar-refractivity contribution in [2.24, 2.45) is 0 Å². The molecule has 1 amide bonds. The van der Waals surface area contributed by atoms with Crippen LogP contribution in [0, 0.1) is 0 Å². The molecule has 1 heterocycles. The molecular weight excluding hydrogens is 374 g/mol. The number of carbonyl (C=O) groups is 2. The number of hydrogen-bond acceptors (Lipinski definition) is 7. The SMILES string of the molecule is COC(=O)[C@@H]1C[C@@H](OS(=O)(=O)Cc2ccccc2)CN1C(=O)OC(C)(C)C. The van der Waals surface area contributed by atoms with Crippen LogP contribution in [0.15, 0.2) is 30.3 Å². The van der Waals surface area contributed by atoms with Crippen molar-refractivity contribution in [1.82, 2.24) is 4.90 Å². The molecule has 2 atom stereocenters. The lowest BCUT2D eigenvalue weighted by molar-refractivity contribution is -0.145. The summed E-state index contributed by atoms with van der Waals surface area (Å²) in [7, 11) is -2.68. The number of likely N-dealkylation sites (tertiary alicyclic amines) is 1. The van der Waals surface area contributed by atoms with E-state index in [-0.39, 0.29) is 18.7 Å². The van der Waals surface area contributed by atoms with E-state index in [4.69, 9.17) is 13.7 Å². The number of hydrogen-bond donors (Lipinski definition) is 0. The van der Waals surface area contributed by atoms with Crippen LogP contribution in [0.4, 0.5) is 4.79 Å². The van der Waals surface area contributed by atoms with Gasteiger partial charge in [0.15, 0.2) is 0 Å². The molecule has 0 unspecified atom stereocenters. The minimum Gasteiger partial charge on any atom is -0.467 e. The summed E-state index contributed by atoms with van der Waals surface area (Å²) in [6.07, 6.45) is -1.56. The van der Waals surface area contributed by atoms with E-state index in [1.807, 2.05) is 0 Å². The molecule has 1 aromatic carbocycles. The molecule has 0 spiro atoms. The molecule has 27 heavy (non-hydrogen) atoms. The van der Waals surface area contributed by atoms with Crippen molar-refractivity contribution < 1.29 is 31.7 Å². The molecule has 1 saturated heterocycles. The third kappa shape index (κ3) is 6.21. The number of methoxy groups -OCH3 is 1. The van der Waals surface area contributed by atoms with Crippen LogP contribution in [0.3, 0.4) is 0 Å². The van der Waals surface area contributed by atoms with Crippen molar-refractivity contribution >= 4 is 22.2 Å². The Hall–Kier alpha value is -2.13. The van der Waals surface area contributed by atoms with E-state index in [1.165, 1.54) is 7.11 Å². The molecule has 0 aliphatic carbocycles. The third-order valence-electron chi connectivity index (χ3n) is 3.83. The normalized spacial score (nSPS) is 20.4. The summed E-state index contributed by atoms with van der Waals surface area (Å²) in [5.74, 6) is -0.938. The number of rotatable bonds is 5. The van der Waals surface area contributed by atoms with E-state index in [0.29, 0.717) is 5.56 Å². The molecule has 0 saturated carbocycles. The molecule has 0 bridgehead atoms. The Bertz CT molecular complexity index is 771. The zero-order valence-electron chi connectivity index (χ0n) is 15.9. The summed E-state index contributed by atoms with van der Waals surface area (Å²) in [6.45, 7) is 5.02. The lowest BCUT2D eigenvalue weighted by atomic mass is 10.2. The molecular formula is C18H25NO7S. The van der Waals surface area contributed by atoms with Crippen molar-refractivity contribution in [3.63, 3.8) is 0 Å². The minimum atomic E-state index is -3.89. The second-order valence-corrected chi connectivity index (χ2v) is 8.91. The summed E-state index contributed by atoms with van der Waals surface area (Å²) in [6, 6.07) is 7.66. The molecule has 1 aromatic rings. The van der Waals surface area contributed by atoms with Gasteiger partial charge in [0, 0.05) is 6.42 Å². The van der Waals surface area contributed by atoms with Crippen LogP contribution >= 0.6 is 0 Å². The van der Waals surface area contributed by atoms with Gasteiger partial charge in [-0.1, -0.05) is 30.3 Å². The van der Waals surface area contributed by atoms with E-state index < -0.39 is 39.9 Å². The van der Waals surface area contributed by atoms with Crippen LogP contribution in [0.1, 0.15) is 32.8 Å². The highest BCUT2D eigenvalue weighted by Crippen LogP contribution is 2.26. The van der Waals surface area contributed by atoms with Gasteiger partial charge in [-0.25, -0.2) is 9.59 Å². The fourth-order valence-corrected chi connectivity index (χ4v) is 3.99. The molecule has 1 aliphatic rings. The zero-order chi connectivity index (χ0) is 20.2. The number of carbonyl (C=O) groups excluding carboxylic acids is 2. The number of ether oxygens (including phenoxy) is 2. The third-order valence-corrected chi connectivity index (χ3v) is 5.09. The summed E-state index contributed by atoms with van der Waals surface area (Å²) in [5.41, 5.74) is -0.167. The van der Waals surface area contributed by atoms with E-state index in [1.54, 1.807) is 51.1 Å². The maximum atomic E-state index is 12.4. The van der Waals surface area contributed by atoms with Crippen LogP contribution in [0.5, 0.6) is 0 Å². The first-order valence-electron chi connectivity index (χ1n) is 8.53. The van der Waals surface area contributed by atoms with Gasteiger partial charge in [0.25, 0.3) is 10.1 Å². The van der Waals surface area contributed by atoms with Crippen molar-refractivity contribution in [2.45, 2.75) is 50.7 Å². The Morgan fingerprint density at radius 3 is 2.37 bits per heavy atom. The molecule has 150 valence electrons. The fourth-order valence-electron chi connectivity index (χ4n) is 2.77. The summed E-state index contributed by atoms with van der Waals surface area (Å²) < 4.78 is 39.9. The second-order valence-electron chi connectivity index (χ2n) is 7.31. The van der Waals surface area contributed by atoms with Gasteiger partial charge in [-0.05, 0) is 26.3 Å². The first-order chi connectivity index (χ1) is 12.5. The highest BCUT2D eigenvalue weighted by Gasteiger charge is 2.44. The van der Waals surface area contributed by atoms with Crippen molar-refractivity contribution in [2.75, 3.05) is 13.7 Å². The molecule has 0 aromatic heterocycles. The first kappa shape index (κ1) is 21.2. The smallest absolute Gasteiger partial charge is 0.411 e. The monoisotopic (exact) mass is 399 g/mol. The maximum Gasteiger partial charge on any atom is 0.411 e.